The molecule has 0 aliphatic heterocycles. The number of aromatic carboxylic acids is 1. The predicted octanol–water partition coefficient (Wildman–Crippen LogP) is 1.46. The van der Waals surface area contributed by atoms with Crippen LogP contribution in [0.25, 0.3) is 5.69 Å². The van der Waals surface area contributed by atoms with Crippen LogP contribution < -0.4 is 5.73 Å². The van der Waals surface area contributed by atoms with Gasteiger partial charge in [0.25, 0.3) is 0 Å². The van der Waals surface area contributed by atoms with Crippen LogP contribution in [-0.4, -0.2) is 20.6 Å². The van der Waals surface area contributed by atoms with Gasteiger partial charge in [-0.2, -0.15) is 0 Å². The molecule has 0 atom stereocenters. The van der Waals surface area contributed by atoms with Crippen LogP contribution in [0.1, 0.15) is 16.2 Å². The first-order chi connectivity index (χ1) is 7.59. The summed E-state index contributed by atoms with van der Waals surface area (Å²) in [5.74, 6) is -0.200. The second-order valence-electron chi connectivity index (χ2n) is 3.42. The van der Waals surface area contributed by atoms with Gasteiger partial charge in [0.1, 0.15) is 5.82 Å². The highest BCUT2D eigenvalue weighted by molar-refractivity contribution is 5.94. The maximum atomic E-state index is 10.8. The highest BCUT2D eigenvalue weighted by Crippen LogP contribution is 2.18. The number of imidazole rings is 1. The zero-order valence-corrected chi connectivity index (χ0v) is 8.71. The van der Waals surface area contributed by atoms with Crippen LogP contribution in [-0.2, 0) is 0 Å². The fraction of sp³-hybridized carbons (Fsp3) is 0.0909. The van der Waals surface area contributed by atoms with E-state index >= 15 is 0 Å². The Morgan fingerprint density at radius 3 is 2.75 bits per heavy atom. The zero-order chi connectivity index (χ0) is 11.7. The molecular weight excluding hydrogens is 206 g/mol. The fourth-order valence-electron chi connectivity index (χ4n) is 1.55. The minimum Gasteiger partial charge on any atom is -0.478 e. The minimum absolute atomic E-state index is 0.113. The lowest BCUT2D eigenvalue weighted by Crippen LogP contribution is -2.04. The van der Waals surface area contributed by atoms with Crippen molar-refractivity contribution in [2.75, 3.05) is 5.73 Å². The van der Waals surface area contributed by atoms with Gasteiger partial charge in [0, 0.05) is 23.8 Å². The van der Waals surface area contributed by atoms with Crippen molar-refractivity contribution in [2.24, 2.45) is 0 Å². The lowest BCUT2D eigenvalue weighted by atomic mass is 10.1. The van der Waals surface area contributed by atoms with Crippen molar-refractivity contribution < 1.29 is 9.90 Å². The van der Waals surface area contributed by atoms with E-state index in [2.05, 4.69) is 4.98 Å². The number of carbonyl (C=O) groups is 1. The number of aromatic nitrogens is 2. The Bertz CT molecular complexity index is 546. The average Bonchev–Trinajstić information content (AvgIpc) is 2.63. The van der Waals surface area contributed by atoms with E-state index in [1.54, 1.807) is 24.5 Å². The minimum atomic E-state index is -1.02. The molecule has 5 nitrogen and oxygen atoms in total. The first-order valence-corrected chi connectivity index (χ1v) is 4.72. The molecule has 2 rings (SSSR count). The van der Waals surface area contributed by atoms with E-state index in [0.717, 1.165) is 11.5 Å². The van der Waals surface area contributed by atoms with E-state index in [9.17, 15) is 4.79 Å². The summed E-state index contributed by atoms with van der Waals surface area (Å²) < 4.78 is 1.84. The fourth-order valence-corrected chi connectivity index (χ4v) is 1.55. The van der Waals surface area contributed by atoms with Gasteiger partial charge in [-0.3, -0.25) is 0 Å². The number of carboxylic acids is 1. The molecule has 0 aliphatic rings. The summed E-state index contributed by atoms with van der Waals surface area (Å²) in [6, 6.07) is 4.82. The first kappa shape index (κ1) is 10.2. The van der Waals surface area contributed by atoms with Crippen molar-refractivity contribution in [2.45, 2.75) is 6.92 Å². The van der Waals surface area contributed by atoms with Crippen molar-refractivity contribution in [3.8, 4) is 5.69 Å². The van der Waals surface area contributed by atoms with Gasteiger partial charge in [0.15, 0.2) is 0 Å². The van der Waals surface area contributed by atoms with Crippen LogP contribution in [0, 0.1) is 6.92 Å². The number of anilines is 1. The largest absolute Gasteiger partial charge is 0.478 e. The molecule has 0 saturated carbocycles. The van der Waals surface area contributed by atoms with Crippen molar-refractivity contribution in [1.29, 1.82) is 0 Å². The Balaban J connectivity index is 2.50. The van der Waals surface area contributed by atoms with E-state index in [1.807, 2.05) is 11.5 Å². The second kappa shape index (κ2) is 3.69. The van der Waals surface area contributed by atoms with Crippen LogP contribution >= 0.6 is 0 Å². The van der Waals surface area contributed by atoms with Gasteiger partial charge >= 0.3 is 5.97 Å². The van der Waals surface area contributed by atoms with E-state index in [4.69, 9.17) is 10.8 Å². The number of aryl methyl sites for hydroxylation is 1. The molecule has 2 aromatic rings. The molecule has 1 aromatic carbocycles. The van der Waals surface area contributed by atoms with Crippen molar-refractivity contribution in [3.63, 3.8) is 0 Å². The highest BCUT2D eigenvalue weighted by atomic mass is 16.4. The van der Waals surface area contributed by atoms with Gasteiger partial charge < -0.3 is 15.4 Å². The number of nitrogen functional groups attached to an aromatic ring is 1. The summed E-state index contributed by atoms with van der Waals surface area (Å²) in [5.41, 5.74) is 6.83. The molecule has 0 saturated heterocycles. The zero-order valence-electron chi connectivity index (χ0n) is 8.71. The molecular formula is C11H11N3O2. The lowest BCUT2D eigenvalue weighted by molar-refractivity contribution is 0.0698. The Hall–Kier alpha value is -2.30. The molecule has 0 fully saturated rings. The highest BCUT2D eigenvalue weighted by Gasteiger charge is 2.09. The molecule has 0 bridgehead atoms. The number of hydrogen-bond acceptors (Lipinski definition) is 3. The summed E-state index contributed by atoms with van der Waals surface area (Å²) in [4.78, 5) is 14.9. The Labute approximate surface area is 92.2 Å². The van der Waals surface area contributed by atoms with E-state index in [1.165, 1.54) is 6.07 Å². The standard InChI is InChI=1S/C11H11N3O2/c1-7-13-4-5-14(7)8-2-3-9(11(15)16)10(12)6-8/h2-6H,12H2,1H3,(H,15,16). The summed E-state index contributed by atoms with van der Waals surface area (Å²) in [6.07, 6.45) is 3.47. The summed E-state index contributed by atoms with van der Waals surface area (Å²) in [7, 11) is 0. The van der Waals surface area contributed by atoms with Crippen LogP contribution in [0.5, 0.6) is 0 Å². The van der Waals surface area contributed by atoms with Gasteiger partial charge in [0.05, 0.1) is 5.56 Å². The van der Waals surface area contributed by atoms with Gasteiger partial charge in [-0.15, -0.1) is 0 Å². The quantitative estimate of drug-likeness (QED) is 0.746. The monoisotopic (exact) mass is 217 g/mol. The van der Waals surface area contributed by atoms with E-state index in [0.29, 0.717) is 0 Å². The number of carboxylic acid groups (broad SMARTS) is 1. The average molecular weight is 217 g/mol. The normalized spacial score (nSPS) is 10.3. The number of hydrogen-bond donors (Lipinski definition) is 2. The van der Waals surface area contributed by atoms with E-state index in [-0.39, 0.29) is 11.3 Å². The third-order valence-electron chi connectivity index (χ3n) is 2.37. The third kappa shape index (κ3) is 1.63. The molecule has 1 heterocycles. The van der Waals surface area contributed by atoms with Crippen LogP contribution in [0.4, 0.5) is 5.69 Å². The number of rotatable bonds is 2. The van der Waals surface area contributed by atoms with Gasteiger partial charge in [-0.25, -0.2) is 9.78 Å². The first-order valence-electron chi connectivity index (χ1n) is 4.72. The number of benzene rings is 1. The van der Waals surface area contributed by atoms with Gasteiger partial charge in [-0.05, 0) is 25.1 Å². The maximum Gasteiger partial charge on any atom is 0.337 e. The molecule has 82 valence electrons. The molecule has 0 amide bonds. The maximum absolute atomic E-state index is 10.8. The number of nitrogens with two attached hydrogens (primary N) is 1. The molecule has 3 N–H and O–H groups in total. The van der Waals surface area contributed by atoms with Crippen LogP contribution in [0.3, 0.4) is 0 Å². The topological polar surface area (TPSA) is 81.1 Å². The SMILES string of the molecule is Cc1nccn1-c1ccc(C(=O)O)c(N)c1. The Morgan fingerprint density at radius 1 is 1.50 bits per heavy atom. The second-order valence-corrected chi connectivity index (χ2v) is 3.42. The summed E-state index contributed by atoms with van der Waals surface area (Å²) >= 11 is 0. The lowest BCUT2D eigenvalue weighted by Gasteiger charge is -2.07. The van der Waals surface area contributed by atoms with Crippen LogP contribution in [0.2, 0.25) is 0 Å². The van der Waals surface area contributed by atoms with E-state index < -0.39 is 5.97 Å². The predicted molar refractivity (Wildman–Crippen MR) is 59.7 cm³/mol. The molecule has 0 spiro atoms. The van der Waals surface area contributed by atoms with Crippen LogP contribution in [0.15, 0.2) is 30.6 Å². The van der Waals surface area contributed by atoms with Gasteiger partial charge in [0.2, 0.25) is 0 Å². The number of nitrogens with zero attached hydrogens (tertiary/aromatic N) is 2. The molecule has 0 radical (unpaired) electrons. The third-order valence-corrected chi connectivity index (χ3v) is 2.37. The summed E-state index contributed by atoms with van der Waals surface area (Å²) in [6.45, 7) is 1.86. The summed E-state index contributed by atoms with van der Waals surface area (Å²) in [5, 5.41) is 8.84. The molecule has 5 heteroatoms. The molecule has 16 heavy (non-hydrogen) atoms. The van der Waals surface area contributed by atoms with Gasteiger partial charge in [-0.1, -0.05) is 0 Å². The van der Waals surface area contributed by atoms with Crippen molar-refractivity contribution in [3.05, 3.63) is 42.0 Å². The Kier molecular flexibility index (Phi) is 2.36. The smallest absolute Gasteiger partial charge is 0.337 e. The Morgan fingerprint density at radius 2 is 2.25 bits per heavy atom. The molecule has 0 unspecified atom stereocenters. The molecule has 0 aliphatic carbocycles. The van der Waals surface area contributed by atoms with Crippen molar-refractivity contribution >= 4 is 11.7 Å². The van der Waals surface area contributed by atoms with Crippen molar-refractivity contribution in [1.82, 2.24) is 9.55 Å². The molecule has 1 aromatic heterocycles.